The second kappa shape index (κ2) is 5.55. The van der Waals surface area contributed by atoms with Crippen molar-refractivity contribution < 1.29 is 4.79 Å². The third kappa shape index (κ3) is 3.24. The predicted octanol–water partition coefficient (Wildman–Crippen LogP) is 3.51. The van der Waals surface area contributed by atoms with E-state index in [9.17, 15) is 4.79 Å². The van der Waals surface area contributed by atoms with Gasteiger partial charge >= 0.3 is 0 Å². The number of rotatable bonds is 3. The van der Waals surface area contributed by atoms with Gasteiger partial charge in [0, 0.05) is 22.9 Å². The highest BCUT2D eigenvalue weighted by Crippen LogP contribution is 2.17. The van der Waals surface area contributed by atoms with Crippen LogP contribution in [0.1, 0.15) is 24.2 Å². The van der Waals surface area contributed by atoms with E-state index in [0.29, 0.717) is 10.7 Å². The van der Waals surface area contributed by atoms with Crippen molar-refractivity contribution in [3.05, 3.63) is 41.4 Å². The second-order valence-corrected chi connectivity index (χ2v) is 4.80. The van der Waals surface area contributed by atoms with Gasteiger partial charge in [0.1, 0.15) is 0 Å². The Labute approximate surface area is 109 Å². The third-order valence-electron chi connectivity index (χ3n) is 2.11. The van der Waals surface area contributed by atoms with E-state index in [2.05, 4.69) is 15.3 Å². The van der Waals surface area contributed by atoms with Gasteiger partial charge in [0.15, 0.2) is 5.13 Å². The fraction of sp³-hybridized carbons (Fsp3) is 0.154. The maximum Gasteiger partial charge on any atom is 0.257 e. The number of anilines is 1. The number of thiazole rings is 1. The van der Waals surface area contributed by atoms with Gasteiger partial charge in [-0.1, -0.05) is 6.07 Å². The average Bonchev–Trinajstić information content (AvgIpc) is 2.81. The molecule has 4 nitrogen and oxygen atoms in total. The SMILES string of the molecule is CC(C)=Nc1cccc(C(=O)Nc2nccs2)c1. The zero-order chi connectivity index (χ0) is 13.0. The van der Waals surface area contributed by atoms with Crippen LogP contribution >= 0.6 is 11.3 Å². The Morgan fingerprint density at radius 3 is 2.89 bits per heavy atom. The van der Waals surface area contributed by atoms with Gasteiger partial charge < -0.3 is 0 Å². The Kier molecular flexibility index (Phi) is 3.84. The predicted molar refractivity (Wildman–Crippen MR) is 75.0 cm³/mol. The molecule has 18 heavy (non-hydrogen) atoms. The Hall–Kier alpha value is -2.01. The lowest BCUT2D eigenvalue weighted by atomic mass is 10.2. The molecule has 0 unspecified atom stereocenters. The standard InChI is InChI=1S/C13H13N3OS/c1-9(2)15-11-5-3-4-10(8-11)12(17)16-13-14-6-7-18-13/h3-8H,1-2H3,(H,14,16,17). The van der Waals surface area contributed by atoms with E-state index in [1.165, 1.54) is 11.3 Å². The highest BCUT2D eigenvalue weighted by molar-refractivity contribution is 7.13. The number of hydrogen-bond donors (Lipinski definition) is 1. The minimum Gasteiger partial charge on any atom is -0.298 e. The highest BCUT2D eigenvalue weighted by Gasteiger charge is 2.07. The molecule has 0 saturated carbocycles. The molecule has 5 heteroatoms. The molecule has 0 aliphatic carbocycles. The van der Waals surface area contributed by atoms with Crippen LogP contribution in [0.2, 0.25) is 0 Å². The highest BCUT2D eigenvalue weighted by atomic mass is 32.1. The van der Waals surface area contributed by atoms with E-state index in [-0.39, 0.29) is 5.91 Å². The van der Waals surface area contributed by atoms with Crippen LogP contribution in [0.15, 0.2) is 40.8 Å². The monoisotopic (exact) mass is 259 g/mol. The Bertz CT molecular complexity index is 572. The molecule has 0 bridgehead atoms. The number of amides is 1. The fourth-order valence-electron chi connectivity index (χ4n) is 1.43. The summed E-state index contributed by atoms with van der Waals surface area (Å²) < 4.78 is 0. The maximum atomic E-state index is 12.0. The summed E-state index contributed by atoms with van der Waals surface area (Å²) in [6, 6.07) is 7.20. The molecular weight excluding hydrogens is 246 g/mol. The lowest BCUT2D eigenvalue weighted by Gasteiger charge is -2.02. The molecule has 2 aromatic rings. The van der Waals surface area contributed by atoms with Gasteiger partial charge in [-0.05, 0) is 32.0 Å². The topological polar surface area (TPSA) is 54.4 Å². The number of nitrogens with zero attached hydrogens (tertiary/aromatic N) is 2. The summed E-state index contributed by atoms with van der Waals surface area (Å²) in [5, 5.41) is 5.15. The normalized spacial score (nSPS) is 9.89. The molecule has 1 amide bonds. The van der Waals surface area contributed by atoms with Crippen molar-refractivity contribution in [2.24, 2.45) is 4.99 Å². The van der Waals surface area contributed by atoms with Crippen LogP contribution in [0, 0.1) is 0 Å². The van der Waals surface area contributed by atoms with Crippen LogP contribution in [-0.2, 0) is 0 Å². The van der Waals surface area contributed by atoms with E-state index in [1.54, 1.807) is 18.3 Å². The van der Waals surface area contributed by atoms with Crippen molar-refractivity contribution >= 4 is 33.8 Å². The van der Waals surface area contributed by atoms with Gasteiger partial charge in [-0.2, -0.15) is 0 Å². The summed E-state index contributed by atoms with van der Waals surface area (Å²) in [5.74, 6) is -0.171. The number of benzene rings is 1. The zero-order valence-corrected chi connectivity index (χ0v) is 11.0. The Balaban J connectivity index is 2.18. The van der Waals surface area contributed by atoms with Crippen molar-refractivity contribution in [3.63, 3.8) is 0 Å². The lowest BCUT2D eigenvalue weighted by molar-refractivity contribution is 0.102. The van der Waals surface area contributed by atoms with E-state index in [4.69, 9.17) is 0 Å². The molecular formula is C13H13N3OS. The van der Waals surface area contributed by atoms with Crippen LogP contribution in [0.25, 0.3) is 0 Å². The number of nitrogens with one attached hydrogen (secondary N) is 1. The van der Waals surface area contributed by atoms with Crippen LogP contribution in [0.3, 0.4) is 0 Å². The molecule has 0 radical (unpaired) electrons. The third-order valence-corrected chi connectivity index (χ3v) is 2.80. The molecule has 1 heterocycles. The molecule has 0 aliphatic rings. The van der Waals surface area contributed by atoms with Crippen LogP contribution in [0.5, 0.6) is 0 Å². The lowest BCUT2D eigenvalue weighted by Crippen LogP contribution is -2.11. The summed E-state index contributed by atoms with van der Waals surface area (Å²) in [6.45, 7) is 3.84. The number of carbonyl (C=O) groups excluding carboxylic acids is 1. The van der Waals surface area contributed by atoms with E-state index in [0.717, 1.165) is 11.4 Å². The Morgan fingerprint density at radius 2 is 2.22 bits per heavy atom. The first-order valence-electron chi connectivity index (χ1n) is 5.48. The number of carbonyl (C=O) groups is 1. The van der Waals surface area contributed by atoms with Gasteiger partial charge in [0.25, 0.3) is 5.91 Å². The van der Waals surface area contributed by atoms with Crippen molar-refractivity contribution in [3.8, 4) is 0 Å². The molecule has 0 aliphatic heterocycles. The van der Waals surface area contributed by atoms with Crippen molar-refractivity contribution in [1.82, 2.24) is 4.98 Å². The summed E-state index contributed by atoms with van der Waals surface area (Å²) in [6.07, 6.45) is 1.65. The summed E-state index contributed by atoms with van der Waals surface area (Å²) in [5.41, 5.74) is 2.31. The number of hydrogen-bond acceptors (Lipinski definition) is 4. The average molecular weight is 259 g/mol. The summed E-state index contributed by atoms with van der Waals surface area (Å²) in [4.78, 5) is 20.3. The van der Waals surface area contributed by atoms with E-state index < -0.39 is 0 Å². The van der Waals surface area contributed by atoms with E-state index >= 15 is 0 Å². The fourth-order valence-corrected chi connectivity index (χ4v) is 1.95. The second-order valence-electron chi connectivity index (χ2n) is 3.90. The quantitative estimate of drug-likeness (QED) is 0.857. The van der Waals surface area contributed by atoms with Crippen molar-refractivity contribution in [2.75, 3.05) is 5.32 Å². The molecule has 0 fully saturated rings. The van der Waals surface area contributed by atoms with Gasteiger partial charge in [-0.15, -0.1) is 11.3 Å². The maximum absolute atomic E-state index is 12.0. The summed E-state index contributed by atoms with van der Waals surface area (Å²) in [7, 11) is 0. The summed E-state index contributed by atoms with van der Waals surface area (Å²) >= 11 is 1.39. The molecule has 0 spiro atoms. The molecule has 1 N–H and O–H groups in total. The van der Waals surface area contributed by atoms with Crippen molar-refractivity contribution in [1.29, 1.82) is 0 Å². The van der Waals surface area contributed by atoms with E-state index in [1.807, 2.05) is 31.4 Å². The Morgan fingerprint density at radius 1 is 1.39 bits per heavy atom. The minimum atomic E-state index is -0.171. The zero-order valence-electron chi connectivity index (χ0n) is 10.2. The largest absolute Gasteiger partial charge is 0.298 e. The van der Waals surface area contributed by atoms with Crippen LogP contribution in [0.4, 0.5) is 10.8 Å². The minimum absolute atomic E-state index is 0.171. The molecule has 92 valence electrons. The molecule has 0 atom stereocenters. The van der Waals surface area contributed by atoms with Gasteiger partial charge in [0.2, 0.25) is 0 Å². The van der Waals surface area contributed by atoms with Crippen LogP contribution < -0.4 is 5.32 Å². The van der Waals surface area contributed by atoms with Crippen LogP contribution in [-0.4, -0.2) is 16.6 Å². The van der Waals surface area contributed by atoms with Crippen molar-refractivity contribution in [2.45, 2.75) is 13.8 Å². The van der Waals surface area contributed by atoms with Gasteiger partial charge in [0.05, 0.1) is 5.69 Å². The number of aromatic nitrogens is 1. The molecule has 1 aromatic heterocycles. The molecule has 0 saturated heterocycles. The smallest absolute Gasteiger partial charge is 0.257 e. The molecule has 2 rings (SSSR count). The first-order valence-corrected chi connectivity index (χ1v) is 6.36. The number of aliphatic imine (C=N–C) groups is 1. The van der Waals surface area contributed by atoms with Gasteiger partial charge in [-0.25, -0.2) is 4.98 Å². The van der Waals surface area contributed by atoms with Gasteiger partial charge in [-0.3, -0.25) is 15.1 Å². The first kappa shape index (κ1) is 12.4. The molecule has 1 aromatic carbocycles. The first-order chi connectivity index (χ1) is 8.65.